The fraction of sp³-hybridized carbons (Fsp3) is 0.714. The molecule has 0 spiro atoms. The summed E-state index contributed by atoms with van der Waals surface area (Å²) in [6, 6.07) is 0. The number of aryl methyl sites for hydroxylation is 1. The van der Waals surface area contributed by atoms with Crippen LogP contribution in [-0.2, 0) is 17.6 Å². The number of hydrogen-bond donors (Lipinski definition) is 2. The van der Waals surface area contributed by atoms with Crippen LogP contribution >= 0.6 is 11.3 Å². The summed E-state index contributed by atoms with van der Waals surface area (Å²) >= 11 is 1.74. The van der Waals surface area contributed by atoms with Crippen LogP contribution in [0.4, 0.5) is 0 Å². The smallest absolute Gasteiger partial charge is 0.190 e. The van der Waals surface area contributed by atoms with Crippen LogP contribution in [0.25, 0.3) is 0 Å². The van der Waals surface area contributed by atoms with Gasteiger partial charge < -0.3 is 15.4 Å². The third kappa shape index (κ3) is 6.86. The molecular formula is C14H26N4OS. The quantitative estimate of drug-likeness (QED) is 0.415. The molecule has 0 bridgehead atoms. The van der Waals surface area contributed by atoms with Gasteiger partial charge in [-0.05, 0) is 19.8 Å². The highest BCUT2D eigenvalue weighted by Crippen LogP contribution is 2.09. The molecule has 0 unspecified atom stereocenters. The van der Waals surface area contributed by atoms with Gasteiger partial charge in [-0.2, -0.15) is 0 Å². The van der Waals surface area contributed by atoms with Gasteiger partial charge in [0.05, 0.1) is 10.7 Å². The van der Waals surface area contributed by atoms with Crippen molar-refractivity contribution in [1.82, 2.24) is 15.6 Å². The zero-order chi connectivity index (χ0) is 14.6. The van der Waals surface area contributed by atoms with Crippen molar-refractivity contribution in [2.24, 2.45) is 4.99 Å². The second-order valence-electron chi connectivity index (χ2n) is 4.31. The second-order valence-corrected chi connectivity index (χ2v) is 5.26. The minimum absolute atomic E-state index is 0.778. The van der Waals surface area contributed by atoms with Crippen molar-refractivity contribution in [3.8, 4) is 0 Å². The molecule has 0 atom stereocenters. The van der Waals surface area contributed by atoms with E-state index in [0.717, 1.165) is 57.2 Å². The monoisotopic (exact) mass is 298 g/mol. The summed E-state index contributed by atoms with van der Waals surface area (Å²) < 4.78 is 5.29. The van der Waals surface area contributed by atoms with Gasteiger partial charge in [-0.1, -0.05) is 6.92 Å². The Balaban J connectivity index is 2.14. The Labute approximate surface area is 125 Å². The predicted molar refractivity (Wildman–Crippen MR) is 85.7 cm³/mol. The van der Waals surface area contributed by atoms with E-state index in [0.29, 0.717) is 0 Å². The van der Waals surface area contributed by atoms with Crippen LogP contribution < -0.4 is 10.6 Å². The fourth-order valence-corrected chi connectivity index (χ4v) is 2.46. The predicted octanol–water partition coefficient (Wildman–Crippen LogP) is 1.84. The summed E-state index contributed by atoms with van der Waals surface area (Å²) in [4.78, 5) is 8.74. The Bertz CT molecular complexity index is 392. The highest BCUT2D eigenvalue weighted by Gasteiger charge is 2.01. The van der Waals surface area contributed by atoms with E-state index >= 15 is 0 Å². The van der Waals surface area contributed by atoms with Crippen molar-refractivity contribution in [3.05, 3.63) is 16.1 Å². The first-order valence-corrected chi connectivity index (χ1v) is 8.13. The van der Waals surface area contributed by atoms with E-state index < -0.39 is 0 Å². The van der Waals surface area contributed by atoms with Gasteiger partial charge >= 0.3 is 0 Å². The lowest BCUT2D eigenvalue weighted by Crippen LogP contribution is -2.39. The van der Waals surface area contributed by atoms with Crippen molar-refractivity contribution >= 4 is 17.3 Å². The van der Waals surface area contributed by atoms with Gasteiger partial charge in [-0.25, -0.2) is 4.98 Å². The maximum atomic E-state index is 5.29. The number of hydrogen-bond acceptors (Lipinski definition) is 4. The summed E-state index contributed by atoms with van der Waals surface area (Å²) in [5.74, 6) is 0.840. The summed E-state index contributed by atoms with van der Waals surface area (Å²) in [5, 5.41) is 9.92. The lowest BCUT2D eigenvalue weighted by molar-refractivity contribution is 0.145. The largest absolute Gasteiger partial charge is 0.382 e. The van der Waals surface area contributed by atoms with E-state index in [2.05, 4.69) is 32.9 Å². The molecule has 0 saturated carbocycles. The van der Waals surface area contributed by atoms with Crippen LogP contribution in [0.15, 0.2) is 10.4 Å². The molecule has 114 valence electrons. The van der Waals surface area contributed by atoms with E-state index in [1.54, 1.807) is 18.4 Å². The molecule has 1 heterocycles. The number of thiazole rings is 1. The molecule has 0 amide bonds. The van der Waals surface area contributed by atoms with Crippen molar-refractivity contribution in [1.29, 1.82) is 0 Å². The number of nitrogens with zero attached hydrogens (tertiary/aromatic N) is 2. The van der Waals surface area contributed by atoms with Crippen molar-refractivity contribution in [2.75, 3.05) is 33.4 Å². The lowest BCUT2D eigenvalue weighted by Gasteiger charge is -2.11. The topological polar surface area (TPSA) is 58.5 Å². The number of aromatic nitrogens is 1. The summed E-state index contributed by atoms with van der Waals surface area (Å²) in [7, 11) is 1.79. The Hall–Kier alpha value is -1.14. The summed E-state index contributed by atoms with van der Waals surface area (Å²) in [5.41, 5.74) is 1.16. The van der Waals surface area contributed by atoms with Crippen LogP contribution in [0.5, 0.6) is 0 Å². The van der Waals surface area contributed by atoms with Crippen LogP contribution in [0, 0.1) is 0 Å². The molecule has 5 nitrogen and oxygen atoms in total. The van der Waals surface area contributed by atoms with Gasteiger partial charge in [0.2, 0.25) is 0 Å². The van der Waals surface area contributed by atoms with Gasteiger partial charge in [0.15, 0.2) is 5.96 Å². The van der Waals surface area contributed by atoms with Gasteiger partial charge in [-0.3, -0.25) is 4.99 Å². The molecule has 0 radical (unpaired) electrons. The minimum atomic E-state index is 0.778. The molecule has 0 saturated heterocycles. The van der Waals surface area contributed by atoms with E-state index in [4.69, 9.17) is 4.74 Å². The standard InChI is InChI=1S/C14H26N4OS/c1-4-13-18-12(11-20-13)7-9-17-14(15-3)16-8-6-10-19-5-2/h11H,4-10H2,1-3H3,(H2,15,16,17). The average Bonchev–Trinajstić information content (AvgIpc) is 2.93. The molecule has 0 aliphatic carbocycles. The first kappa shape index (κ1) is 16.9. The first-order chi connectivity index (χ1) is 9.80. The first-order valence-electron chi connectivity index (χ1n) is 7.25. The zero-order valence-corrected chi connectivity index (χ0v) is 13.6. The van der Waals surface area contributed by atoms with Crippen molar-refractivity contribution < 1.29 is 4.74 Å². The molecule has 0 aliphatic heterocycles. The van der Waals surface area contributed by atoms with Gasteiger partial charge in [0.1, 0.15) is 0 Å². The van der Waals surface area contributed by atoms with Gasteiger partial charge in [0.25, 0.3) is 0 Å². The Kier molecular flexibility index (Phi) is 8.98. The van der Waals surface area contributed by atoms with Gasteiger partial charge in [0, 0.05) is 45.2 Å². The zero-order valence-electron chi connectivity index (χ0n) is 12.7. The van der Waals surface area contributed by atoms with Crippen molar-refractivity contribution in [3.63, 3.8) is 0 Å². The number of aliphatic imine (C=N–C) groups is 1. The Morgan fingerprint density at radius 3 is 2.80 bits per heavy atom. The molecular weight excluding hydrogens is 272 g/mol. The molecule has 0 fully saturated rings. The maximum Gasteiger partial charge on any atom is 0.190 e. The Morgan fingerprint density at radius 2 is 2.15 bits per heavy atom. The fourth-order valence-electron chi connectivity index (χ4n) is 1.68. The molecule has 6 heteroatoms. The normalized spacial score (nSPS) is 11.7. The van der Waals surface area contributed by atoms with E-state index in [1.807, 2.05) is 6.92 Å². The second kappa shape index (κ2) is 10.6. The highest BCUT2D eigenvalue weighted by atomic mass is 32.1. The van der Waals surface area contributed by atoms with E-state index in [9.17, 15) is 0 Å². The number of ether oxygens (including phenoxy) is 1. The minimum Gasteiger partial charge on any atom is -0.382 e. The highest BCUT2D eigenvalue weighted by molar-refractivity contribution is 7.09. The number of guanidine groups is 1. The lowest BCUT2D eigenvalue weighted by atomic mass is 10.3. The Morgan fingerprint density at radius 1 is 1.35 bits per heavy atom. The molecule has 1 rings (SSSR count). The molecule has 0 aliphatic rings. The summed E-state index contributed by atoms with van der Waals surface area (Å²) in [6.45, 7) is 7.43. The molecule has 1 aromatic heterocycles. The van der Waals surface area contributed by atoms with Gasteiger partial charge in [-0.15, -0.1) is 11.3 Å². The number of rotatable bonds is 9. The summed E-state index contributed by atoms with van der Waals surface area (Å²) in [6.07, 6.45) is 2.93. The van der Waals surface area contributed by atoms with E-state index in [1.165, 1.54) is 5.01 Å². The third-order valence-corrected chi connectivity index (χ3v) is 3.80. The van der Waals surface area contributed by atoms with E-state index in [-0.39, 0.29) is 0 Å². The molecule has 2 N–H and O–H groups in total. The van der Waals surface area contributed by atoms with Crippen LogP contribution in [0.3, 0.4) is 0 Å². The maximum absolute atomic E-state index is 5.29. The molecule has 0 aromatic carbocycles. The molecule has 1 aromatic rings. The molecule has 20 heavy (non-hydrogen) atoms. The van der Waals surface area contributed by atoms with Crippen LogP contribution in [-0.4, -0.2) is 44.3 Å². The SMILES string of the molecule is CCOCCCNC(=NC)NCCc1csc(CC)n1. The van der Waals surface area contributed by atoms with Crippen LogP contribution in [0.1, 0.15) is 31.0 Å². The third-order valence-electron chi connectivity index (χ3n) is 2.76. The average molecular weight is 298 g/mol. The number of nitrogens with one attached hydrogen (secondary N) is 2. The van der Waals surface area contributed by atoms with Crippen molar-refractivity contribution in [2.45, 2.75) is 33.1 Å². The van der Waals surface area contributed by atoms with Crippen LogP contribution in [0.2, 0.25) is 0 Å².